The molecule has 1 atom stereocenters. The van der Waals surface area contributed by atoms with Crippen LogP contribution in [0, 0.1) is 19.8 Å². The van der Waals surface area contributed by atoms with Gasteiger partial charge in [-0.1, -0.05) is 23.8 Å². The SMILES string of the molecule is Cc1ccc(C2CC(N(C)C(=O)[C@@H]3CCOC(=O)NC3)C2)c(C)c1. The van der Waals surface area contributed by atoms with Gasteiger partial charge in [-0.25, -0.2) is 4.79 Å². The number of aryl methyl sites for hydroxylation is 2. The molecule has 1 N–H and O–H groups in total. The fourth-order valence-electron chi connectivity index (χ4n) is 3.77. The summed E-state index contributed by atoms with van der Waals surface area (Å²) in [5, 5.41) is 2.64. The number of carbonyl (C=O) groups is 2. The lowest BCUT2D eigenvalue weighted by Crippen LogP contribution is -2.48. The Morgan fingerprint density at radius 1 is 1.29 bits per heavy atom. The summed E-state index contributed by atoms with van der Waals surface area (Å²) in [5.41, 5.74) is 4.04. The van der Waals surface area contributed by atoms with Crippen LogP contribution in [-0.2, 0) is 9.53 Å². The number of hydrogen-bond donors (Lipinski definition) is 1. The summed E-state index contributed by atoms with van der Waals surface area (Å²) in [4.78, 5) is 25.8. The van der Waals surface area contributed by atoms with Crippen LogP contribution in [0.2, 0.25) is 0 Å². The molecule has 24 heavy (non-hydrogen) atoms. The summed E-state index contributed by atoms with van der Waals surface area (Å²) in [7, 11) is 1.89. The van der Waals surface area contributed by atoms with Gasteiger partial charge in [0, 0.05) is 19.6 Å². The van der Waals surface area contributed by atoms with Crippen molar-refractivity contribution in [2.45, 2.75) is 45.1 Å². The highest BCUT2D eigenvalue weighted by atomic mass is 16.5. The second-order valence-corrected chi connectivity index (χ2v) is 7.13. The Hall–Kier alpha value is -2.04. The molecule has 1 heterocycles. The quantitative estimate of drug-likeness (QED) is 0.927. The summed E-state index contributed by atoms with van der Waals surface area (Å²) in [6, 6.07) is 6.92. The molecule has 2 aliphatic rings. The molecule has 130 valence electrons. The van der Waals surface area contributed by atoms with Crippen molar-refractivity contribution in [3.63, 3.8) is 0 Å². The van der Waals surface area contributed by atoms with Crippen LogP contribution < -0.4 is 5.32 Å². The van der Waals surface area contributed by atoms with E-state index in [9.17, 15) is 9.59 Å². The normalized spacial score (nSPS) is 26.6. The van der Waals surface area contributed by atoms with E-state index < -0.39 is 6.09 Å². The average Bonchev–Trinajstić information content (AvgIpc) is 2.71. The number of amides is 2. The predicted octanol–water partition coefficient (Wildman–Crippen LogP) is 2.75. The largest absolute Gasteiger partial charge is 0.450 e. The number of carbonyl (C=O) groups excluding carboxylic acids is 2. The lowest BCUT2D eigenvalue weighted by Gasteiger charge is -2.43. The summed E-state index contributed by atoms with van der Waals surface area (Å²) in [6.45, 7) is 4.96. The number of benzene rings is 1. The van der Waals surface area contributed by atoms with E-state index in [1.54, 1.807) is 0 Å². The molecule has 0 unspecified atom stereocenters. The van der Waals surface area contributed by atoms with Crippen LogP contribution >= 0.6 is 0 Å². The highest BCUT2D eigenvalue weighted by Crippen LogP contribution is 2.41. The van der Waals surface area contributed by atoms with Crippen LogP contribution in [0.25, 0.3) is 0 Å². The molecule has 1 aliphatic carbocycles. The Morgan fingerprint density at radius 2 is 2.04 bits per heavy atom. The van der Waals surface area contributed by atoms with Crippen molar-refractivity contribution in [3.8, 4) is 0 Å². The summed E-state index contributed by atoms with van der Waals surface area (Å²) < 4.78 is 4.94. The molecule has 0 aromatic heterocycles. The molecule has 1 aromatic rings. The number of nitrogens with zero attached hydrogens (tertiary/aromatic N) is 1. The molecule has 1 aromatic carbocycles. The van der Waals surface area contributed by atoms with Crippen molar-refractivity contribution in [1.29, 1.82) is 0 Å². The molecule has 0 bridgehead atoms. The molecular weight excluding hydrogens is 304 g/mol. The minimum atomic E-state index is -0.425. The van der Waals surface area contributed by atoms with Gasteiger partial charge in [0.1, 0.15) is 0 Å². The van der Waals surface area contributed by atoms with Crippen LogP contribution in [-0.4, -0.2) is 43.1 Å². The first-order chi connectivity index (χ1) is 11.5. The molecular formula is C19H26N2O3. The van der Waals surface area contributed by atoms with E-state index in [0.29, 0.717) is 31.5 Å². The van der Waals surface area contributed by atoms with Crippen LogP contribution in [0.1, 0.15) is 41.9 Å². The fraction of sp³-hybridized carbons (Fsp3) is 0.579. The molecule has 3 rings (SSSR count). The Kier molecular flexibility index (Phi) is 4.78. The Labute approximate surface area is 143 Å². The number of rotatable bonds is 3. The zero-order chi connectivity index (χ0) is 17.3. The molecule has 0 radical (unpaired) electrons. The zero-order valence-electron chi connectivity index (χ0n) is 14.7. The van der Waals surface area contributed by atoms with E-state index in [2.05, 4.69) is 37.4 Å². The van der Waals surface area contributed by atoms with E-state index in [1.165, 1.54) is 16.7 Å². The Morgan fingerprint density at radius 3 is 2.75 bits per heavy atom. The van der Waals surface area contributed by atoms with Gasteiger partial charge in [-0.15, -0.1) is 0 Å². The molecule has 5 nitrogen and oxygen atoms in total. The third-order valence-electron chi connectivity index (χ3n) is 5.42. The first kappa shape index (κ1) is 16.8. The van der Waals surface area contributed by atoms with Crippen molar-refractivity contribution in [3.05, 3.63) is 34.9 Å². The molecule has 2 fully saturated rings. The maximum Gasteiger partial charge on any atom is 0.407 e. The van der Waals surface area contributed by atoms with Crippen LogP contribution in [0.3, 0.4) is 0 Å². The van der Waals surface area contributed by atoms with E-state index in [4.69, 9.17) is 4.74 Å². The van der Waals surface area contributed by atoms with E-state index >= 15 is 0 Å². The molecule has 5 heteroatoms. The van der Waals surface area contributed by atoms with Crippen LogP contribution in [0.5, 0.6) is 0 Å². The lowest BCUT2D eigenvalue weighted by atomic mass is 9.73. The van der Waals surface area contributed by atoms with E-state index in [0.717, 1.165) is 12.8 Å². The Bertz CT molecular complexity index is 637. The van der Waals surface area contributed by atoms with Gasteiger partial charge in [-0.05, 0) is 50.2 Å². The molecule has 2 amide bonds. The number of nitrogens with one attached hydrogen (secondary N) is 1. The third-order valence-corrected chi connectivity index (χ3v) is 5.42. The van der Waals surface area contributed by atoms with Crippen molar-refractivity contribution < 1.29 is 14.3 Å². The average molecular weight is 330 g/mol. The summed E-state index contributed by atoms with van der Waals surface area (Å²) in [5.74, 6) is 0.481. The lowest BCUT2D eigenvalue weighted by molar-refractivity contribution is -0.138. The predicted molar refractivity (Wildman–Crippen MR) is 91.9 cm³/mol. The number of cyclic esters (lactones) is 1. The number of hydrogen-bond acceptors (Lipinski definition) is 3. The molecule has 1 saturated heterocycles. The minimum absolute atomic E-state index is 0.116. The first-order valence-corrected chi connectivity index (χ1v) is 8.70. The first-order valence-electron chi connectivity index (χ1n) is 8.70. The van der Waals surface area contributed by atoms with E-state index in [-0.39, 0.29) is 11.8 Å². The van der Waals surface area contributed by atoms with Gasteiger partial charge in [-0.3, -0.25) is 4.79 Å². The fourth-order valence-corrected chi connectivity index (χ4v) is 3.77. The van der Waals surface area contributed by atoms with Gasteiger partial charge in [-0.2, -0.15) is 0 Å². The maximum absolute atomic E-state index is 12.7. The monoisotopic (exact) mass is 330 g/mol. The second kappa shape index (κ2) is 6.83. The highest BCUT2D eigenvalue weighted by molar-refractivity contribution is 5.80. The van der Waals surface area contributed by atoms with Crippen molar-refractivity contribution >= 4 is 12.0 Å². The smallest absolute Gasteiger partial charge is 0.407 e. The highest BCUT2D eigenvalue weighted by Gasteiger charge is 2.37. The third kappa shape index (κ3) is 3.40. The maximum atomic E-state index is 12.7. The topological polar surface area (TPSA) is 58.6 Å². The molecule has 0 spiro atoms. The van der Waals surface area contributed by atoms with Gasteiger partial charge < -0.3 is 15.0 Å². The van der Waals surface area contributed by atoms with Crippen molar-refractivity contribution in [2.75, 3.05) is 20.2 Å². The number of alkyl carbamates (subject to hydrolysis) is 1. The van der Waals surface area contributed by atoms with Gasteiger partial charge in [0.25, 0.3) is 0 Å². The standard InChI is InChI=1S/C19H26N2O3/c1-12-4-5-17(13(2)8-12)15-9-16(10-15)21(3)18(22)14-6-7-24-19(23)20-11-14/h4-5,8,14-16H,6-7,9-11H2,1-3H3,(H,20,23)/t14-,15?,16?/m1/s1. The second-order valence-electron chi connectivity index (χ2n) is 7.13. The van der Waals surface area contributed by atoms with Gasteiger partial charge in [0.15, 0.2) is 0 Å². The zero-order valence-corrected chi connectivity index (χ0v) is 14.7. The van der Waals surface area contributed by atoms with Gasteiger partial charge >= 0.3 is 6.09 Å². The molecule has 1 aliphatic heterocycles. The van der Waals surface area contributed by atoms with Gasteiger partial charge in [0.2, 0.25) is 5.91 Å². The van der Waals surface area contributed by atoms with Gasteiger partial charge in [0.05, 0.1) is 12.5 Å². The van der Waals surface area contributed by atoms with Crippen molar-refractivity contribution in [2.24, 2.45) is 5.92 Å². The van der Waals surface area contributed by atoms with Crippen LogP contribution in [0.15, 0.2) is 18.2 Å². The minimum Gasteiger partial charge on any atom is -0.450 e. The van der Waals surface area contributed by atoms with Crippen molar-refractivity contribution in [1.82, 2.24) is 10.2 Å². The number of ether oxygens (including phenoxy) is 1. The summed E-state index contributed by atoms with van der Waals surface area (Å²) in [6.07, 6.45) is 2.20. The molecule has 1 saturated carbocycles. The van der Waals surface area contributed by atoms with Crippen LogP contribution in [0.4, 0.5) is 4.79 Å². The Balaban J connectivity index is 1.56. The summed E-state index contributed by atoms with van der Waals surface area (Å²) >= 11 is 0. The van der Waals surface area contributed by atoms with E-state index in [1.807, 2.05) is 11.9 Å².